The van der Waals surface area contributed by atoms with Crippen molar-refractivity contribution in [3.8, 4) is 12.3 Å². The number of rotatable bonds is 9. The van der Waals surface area contributed by atoms with Gasteiger partial charge in [-0.25, -0.2) is 13.2 Å². The van der Waals surface area contributed by atoms with Gasteiger partial charge in [-0.15, -0.1) is 17.8 Å². The molecule has 1 aliphatic carbocycles. The summed E-state index contributed by atoms with van der Waals surface area (Å²) >= 11 is 2.17. The van der Waals surface area contributed by atoms with Gasteiger partial charge in [0.05, 0.1) is 33.9 Å². The Morgan fingerprint density at radius 2 is 1.98 bits per heavy atom. The first-order valence-corrected chi connectivity index (χ1v) is 15.6. The lowest BCUT2D eigenvalue weighted by molar-refractivity contribution is -0.384. The number of ether oxygens (including phenoxy) is 1. The van der Waals surface area contributed by atoms with Gasteiger partial charge in [-0.3, -0.25) is 19.7 Å². The van der Waals surface area contributed by atoms with Crippen molar-refractivity contribution in [2.24, 2.45) is 4.99 Å². The van der Waals surface area contributed by atoms with E-state index in [2.05, 4.69) is 16.2 Å². The van der Waals surface area contributed by atoms with Gasteiger partial charge in [0.1, 0.15) is 16.5 Å². The number of hydrogen-bond acceptors (Lipinski definition) is 10. The molecule has 0 radical (unpaired) electrons. The number of sulfone groups is 1. The van der Waals surface area contributed by atoms with Crippen LogP contribution in [0.25, 0.3) is 10.2 Å². The van der Waals surface area contributed by atoms with E-state index in [1.165, 1.54) is 34.1 Å². The van der Waals surface area contributed by atoms with Crippen molar-refractivity contribution in [2.45, 2.75) is 39.2 Å². The Morgan fingerprint density at radius 3 is 2.67 bits per heavy atom. The second-order valence-corrected chi connectivity index (χ2v) is 13.0. The van der Waals surface area contributed by atoms with Gasteiger partial charge in [-0.2, -0.15) is 4.99 Å². The number of thiophene rings is 1. The van der Waals surface area contributed by atoms with E-state index in [1.54, 1.807) is 6.92 Å². The number of benzene rings is 1. The topological polar surface area (TPSA) is 167 Å². The van der Waals surface area contributed by atoms with Gasteiger partial charge in [0.15, 0.2) is 14.6 Å². The molecule has 0 bridgehead atoms. The van der Waals surface area contributed by atoms with Crippen LogP contribution in [0.5, 0.6) is 0 Å². The molecule has 4 rings (SSSR count). The average Bonchev–Trinajstić information content (AvgIpc) is 3.40. The highest BCUT2D eigenvalue weighted by Gasteiger charge is 2.29. The zero-order valence-electron chi connectivity index (χ0n) is 21.3. The molecule has 0 fully saturated rings. The number of esters is 1. The summed E-state index contributed by atoms with van der Waals surface area (Å²) in [7, 11) is -4.24. The van der Waals surface area contributed by atoms with Gasteiger partial charge in [0.25, 0.3) is 11.6 Å². The number of thiazole rings is 1. The highest BCUT2D eigenvalue weighted by molar-refractivity contribution is 7.92. The van der Waals surface area contributed by atoms with Crippen LogP contribution in [0.2, 0.25) is 0 Å². The third-order valence-corrected chi connectivity index (χ3v) is 9.58. The van der Waals surface area contributed by atoms with E-state index in [4.69, 9.17) is 11.2 Å². The molecule has 1 aliphatic rings. The quantitative estimate of drug-likeness (QED) is 0.168. The molecule has 0 spiro atoms. The minimum atomic E-state index is -4.24. The van der Waals surface area contributed by atoms with Crippen LogP contribution in [0.4, 0.5) is 10.7 Å². The molecular weight excluding hydrogens is 580 g/mol. The maximum atomic E-state index is 12.7. The Morgan fingerprint density at radius 1 is 1.23 bits per heavy atom. The molecule has 40 heavy (non-hydrogen) atoms. The number of anilines is 1. The second-order valence-electron chi connectivity index (χ2n) is 8.81. The van der Waals surface area contributed by atoms with Crippen molar-refractivity contribution >= 4 is 71.2 Å². The van der Waals surface area contributed by atoms with Crippen LogP contribution < -0.4 is 10.1 Å². The Labute approximate surface area is 236 Å². The first-order chi connectivity index (χ1) is 19.0. The van der Waals surface area contributed by atoms with Gasteiger partial charge in [0, 0.05) is 17.0 Å². The maximum absolute atomic E-state index is 12.7. The number of nitrogens with one attached hydrogen (secondary N) is 1. The second kappa shape index (κ2) is 12.1. The number of nitro benzene ring substituents is 1. The molecule has 2 amide bonds. The summed E-state index contributed by atoms with van der Waals surface area (Å²) in [5.74, 6) is -2.14. The molecule has 2 heterocycles. The SMILES string of the molecule is C#CCn1c(=NC(=O)CS(=O)(=O)CC(=O)Nc2sc3c(c2C(=O)OCC)CCCC3)sc2cc([N+](=O)[O-])ccc21. The first-order valence-electron chi connectivity index (χ1n) is 12.1. The fourth-order valence-corrected chi connectivity index (χ4v) is 7.71. The summed E-state index contributed by atoms with van der Waals surface area (Å²) < 4.78 is 32.5. The number of nitrogens with zero attached hydrogens (tertiary/aromatic N) is 3. The summed E-state index contributed by atoms with van der Waals surface area (Å²) in [5, 5.41) is 13.9. The van der Waals surface area contributed by atoms with Gasteiger partial charge in [-0.1, -0.05) is 17.3 Å². The molecule has 0 saturated heterocycles. The molecule has 0 atom stereocenters. The first kappa shape index (κ1) is 29.1. The Kier molecular flexibility index (Phi) is 8.82. The lowest BCUT2D eigenvalue weighted by Crippen LogP contribution is -2.28. The third-order valence-electron chi connectivity index (χ3n) is 5.95. The van der Waals surface area contributed by atoms with Crippen LogP contribution in [-0.4, -0.2) is 53.8 Å². The summed E-state index contributed by atoms with van der Waals surface area (Å²) in [6.45, 7) is 1.81. The molecule has 1 aromatic carbocycles. The third kappa shape index (κ3) is 6.46. The maximum Gasteiger partial charge on any atom is 0.341 e. The lowest BCUT2D eigenvalue weighted by Gasteiger charge is -2.12. The van der Waals surface area contributed by atoms with Gasteiger partial charge >= 0.3 is 5.97 Å². The number of fused-ring (bicyclic) bond motifs is 2. The number of aryl methyl sites for hydroxylation is 1. The zero-order chi connectivity index (χ0) is 29.0. The smallest absolute Gasteiger partial charge is 0.341 e. The number of aromatic nitrogens is 1. The average molecular weight is 605 g/mol. The number of hydrogen-bond donors (Lipinski definition) is 1. The minimum Gasteiger partial charge on any atom is -0.462 e. The monoisotopic (exact) mass is 604 g/mol. The van der Waals surface area contributed by atoms with E-state index >= 15 is 0 Å². The Balaban J connectivity index is 1.52. The number of non-ortho nitro benzene ring substituents is 1. The summed E-state index contributed by atoms with van der Waals surface area (Å²) in [4.78, 5) is 53.3. The van der Waals surface area contributed by atoms with E-state index in [-0.39, 0.29) is 34.2 Å². The standard InChI is InChI=1S/C25H24N4O8S3/c1-3-11-28-17-10-9-15(29(33)34)12-19(17)39-25(28)27-21(31)14-40(35,36)13-20(30)26-23-22(24(32)37-4-2)16-7-5-6-8-18(16)38-23/h1,9-10,12H,4-8,11,13-14H2,2H3,(H,26,30). The summed E-state index contributed by atoms with van der Waals surface area (Å²) in [6, 6.07) is 4.07. The van der Waals surface area contributed by atoms with Crippen LogP contribution >= 0.6 is 22.7 Å². The van der Waals surface area contributed by atoms with Crippen molar-refractivity contribution in [3.63, 3.8) is 0 Å². The van der Waals surface area contributed by atoms with Crippen LogP contribution in [0.1, 0.15) is 40.6 Å². The fraction of sp³-hybridized carbons (Fsp3) is 0.360. The number of carbonyl (C=O) groups excluding carboxylic acids is 3. The molecule has 0 saturated carbocycles. The summed E-state index contributed by atoms with van der Waals surface area (Å²) in [6.07, 6.45) is 8.67. The molecule has 0 aliphatic heterocycles. The predicted octanol–water partition coefficient (Wildman–Crippen LogP) is 2.84. The number of carbonyl (C=O) groups is 3. The van der Waals surface area contributed by atoms with Crippen LogP contribution in [0.15, 0.2) is 23.2 Å². The Hall–Kier alpha value is -3.87. The van der Waals surface area contributed by atoms with Crippen molar-refractivity contribution in [1.82, 2.24) is 4.57 Å². The zero-order valence-corrected chi connectivity index (χ0v) is 23.7. The molecular formula is C25H24N4O8S3. The van der Waals surface area contributed by atoms with E-state index < -0.39 is 44.0 Å². The van der Waals surface area contributed by atoms with Crippen molar-refractivity contribution in [1.29, 1.82) is 0 Å². The van der Waals surface area contributed by atoms with Gasteiger partial charge in [0.2, 0.25) is 5.91 Å². The highest BCUT2D eigenvalue weighted by atomic mass is 32.2. The summed E-state index contributed by atoms with van der Waals surface area (Å²) in [5.41, 5.74) is 1.40. The van der Waals surface area contributed by atoms with E-state index in [9.17, 15) is 32.9 Å². The molecule has 1 N–H and O–H groups in total. The number of terminal acetylenes is 1. The molecule has 210 valence electrons. The predicted molar refractivity (Wildman–Crippen MR) is 150 cm³/mol. The lowest BCUT2D eigenvalue weighted by atomic mass is 9.95. The van der Waals surface area contributed by atoms with Gasteiger partial charge < -0.3 is 14.6 Å². The number of nitro groups is 1. The molecule has 15 heteroatoms. The van der Waals surface area contributed by atoms with E-state index in [0.717, 1.165) is 41.0 Å². The van der Waals surface area contributed by atoms with E-state index in [1.807, 2.05) is 0 Å². The van der Waals surface area contributed by atoms with Gasteiger partial charge in [-0.05, 0) is 44.2 Å². The van der Waals surface area contributed by atoms with Crippen LogP contribution in [0, 0.1) is 22.5 Å². The minimum absolute atomic E-state index is 0.00727. The van der Waals surface area contributed by atoms with Crippen LogP contribution in [0.3, 0.4) is 0 Å². The van der Waals surface area contributed by atoms with Crippen molar-refractivity contribution in [3.05, 3.63) is 49.1 Å². The fourth-order valence-electron chi connectivity index (χ4n) is 4.32. The van der Waals surface area contributed by atoms with E-state index in [0.29, 0.717) is 16.6 Å². The largest absolute Gasteiger partial charge is 0.462 e. The Bertz CT molecular complexity index is 1740. The molecule has 2 aromatic heterocycles. The molecule has 3 aromatic rings. The number of amides is 2. The normalized spacial score (nSPS) is 13.4. The van der Waals surface area contributed by atoms with Crippen molar-refractivity contribution in [2.75, 3.05) is 23.4 Å². The highest BCUT2D eigenvalue weighted by Crippen LogP contribution is 2.38. The van der Waals surface area contributed by atoms with Crippen LogP contribution in [-0.2, 0) is 43.5 Å². The molecule has 12 nitrogen and oxygen atoms in total. The molecule has 0 unspecified atom stereocenters. The van der Waals surface area contributed by atoms with Crippen molar-refractivity contribution < 1.29 is 32.5 Å².